The maximum absolute atomic E-state index is 7.29. The maximum Gasteiger partial charge on any atom is 0.0456 e. The van der Waals surface area contributed by atoms with Gasteiger partial charge < -0.3 is 4.90 Å². The highest BCUT2D eigenvalue weighted by Crippen LogP contribution is 2.09. The monoisotopic (exact) mass is 138 g/mol. The van der Waals surface area contributed by atoms with E-state index in [4.69, 9.17) is 4.11 Å². The summed E-state index contributed by atoms with van der Waals surface area (Å²) in [5.74, 6) is 0. The zero-order chi connectivity index (χ0) is 9.90. The Morgan fingerprint density at radius 2 is 2.10 bits per heavy atom. The molecule has 0 radical (unpaired) electrons. The molecule has 0 bridgehead atoms. The third-order valence-corrected chi connectivity index (χ3v) is 1.38. The van der Waals surface area contributed by atoms with Crippen molar-refractivity contribution in [1.82, 2.24) is 0 Å². The summed E-state index contributed by atoms with van der Waals surface area (Å²) in [6, 6.07) is 9.15. The molecule has 0 saturated carbocycles. The third kappa shape index (κ3) is 1.50. The molecule has 0 unspecified atom stereocenters. The number of para-hydroxylation sites is 1. The molecule has 0 aliphatic carbocycles. The van der Waals surface area contributed by atoms with Crippen molar-refractivity contribution in [3.05, 3.63) is 30.3 Å². The van der Waals surface area contributed by atoms with Crippen molar-refractivity contribution >= 4 is 5.69 Å². The van der Waals surface area contributed by atoms with Gasteiger partial charge in [-0.3, -0.25) is 0 Å². The number of hydrogen-bond donors (Lipinski definition) is 0. The minimum Gasteiger partial charge on any atom is -0.375 e. The molecule has 0 aromatic heterocycles. The summed E-state index contributed by atoms with van der Waals surface area (Å²) < 4.78 is 21.9. The second-order valence-electron chi connectivity index (χ2n) is 2.08. The molecule has 1 heteroatoms. The lowest BCUT2D eigenvalue weighted by Gasteiger charge is -2.15. The van der Waals surface area contributed by atoms with Gasteiger partial charge in [-0.1, -0.05) is 18.2 Å². The van der Waals surface area contributed by atoms with Gasteiger partial charge in [0, 0.05) is 23.3 Å². The van der Waals surface area contributed by atoms with Crippen LogP contribution in [-0.4, -0.2) is 13.5 Å². The first-order valence-corrected chi connectivity index (χ1v) is 3.38. The lowest BCUT2D eigenvalue weighted by atomic mass is 10.3. The summed E-state index contributed by atoms with van der Waals surface area (Å²) in [7, 11) is 0. The van der Waals surface area contributed by atoms with Crippen LogP contribution in [0.15, 0.2) is 30.3 Å². The highest BCUT2D eigenvalue weighted by molar-refractivity contribution is 5.44. The molecule has 0 aliphatic rings. The Morgan fingerprint density at radius 3 is 2.60 bits per heavy atom. The van der Waals surface area contributed by atoms with Gasteiger partial charge in [-0.15, -0.1) is 0 Å². The minimum atomic E-state index is -2.05. The highest BCUT2D eigenvalue weighted by Gasteiger charge is 1.92. The number of rotatable bonds is 2. The Kier molecular flexibility index (Phi) is 1.31. The van der Waals surface area contributed by atoms with Crippen LogP contribution >= 0.6 is 0 Å². The Labute approximate surface area is 66.5 Å². The number of benzene rings is 1. The van der Waals surface area contributed by atoms with Gasteiger partial charge in [0.25, 0.3) is 0 Å². The molecule has 1 nitrogen and oxygen atoms in total. The predicted octanol–water partition coefficient (Wildman–Crippen LogP) is 2.14. The Balaban J connectivity index is 2.92. The summed E-state index contributed by atoms with van der Waals surface area (Å²) in [5.41, 5.74) is 0.741. The molecule has 10 heavy (non-hydrogen) atoms. The number of anilines is 1. The zero-order valence-electron chi connectivity index (χ0n) is 9.04. The van der Waals surface area contributed by atoms with Gasteiger partial charge in [0.2, 0.25) is 0 Å². The van der Waals surface area contributed by atoms with Crippen LogP contribution in [0.5, 0.6) is 0 Å². The Bertz CT molecular complexity index is 255. The molecule has 0 atom stereocenters. The van der Waals surface area contributed by atoms with Gasteiger partial charge in [0.15, 0.2) is 0 Å². The Hall–Kier alpha value is -0.980. The van der Waals surface area contributed by atoms with E-state index in [9.17, 15) is 0 Å². The van der Waals surface area contributed by atoms with E-state index >= 15 is 0 Å². The number of hydrogen-bond acceptors (Lipinski definition) is 1. The van der Waals surface area contributed by atoms with Crippen molar-refractivity contribution < 1.29 is 4.11 Å². The first kappa shape index (κ1) is 4.02. The molecular weight excluding hydrogens is 122 g/mol. The van der Waals surface area contributed by atoms with Crippen LogP contribution in [-0.2, 0) is 0 Å². The van der Waals surface area contributed by atoms with Gasteiger partial charge >= 0.3 is 0 Å². The summed E-state index contributed by atoms with van der Waals surface area (Å²) >= 11 is 0. The summed E-state index contributed by atoms with van der Waals surface area (Å²) in [5, 5.41) is 0. The summed E-state index contributed by atoms with van der Waals surface area (Å²) in [6.07, 6.45) is 0. The summed E-state index contributed by atoms with van der Waals surface area (Å²) in [4.78, 5) is 1.40. The summed E-state index contributed by atoms with van der Waals surface area (Å²) in [6.45, 7) is 0.274. The van der Waals surface area contributed by atoms with Gasteiger partial charge in [-0.2, -0.15) is 0 Å². The lowest BCUT2D eigenvalue weighted by Crippen LogP contribution is -2.15. The molecule has 0 spiro atoms. The fourth-order valence-electron chi connectivity index (χ4n) is 0.791. The van der Waals surface area contributed by atoms with Crippen LogP contribution < -0.4 is 4.90 Å². The van der Waals surface area contributed by atoms with Gasteiger partial charge in [0.1, 0.15) is 0 Å². The van der Waals surface area contributed by atoms with Crippen molar-refractivity contribution in [2.45, 2.75) is 6.92 Å². The Morgan fingerprint density at radius 1 is 1.40 bits per heavy atom. The smallest absolute Gasteiger partial charge is 0.0456 e. The topological polar surface area (TPSA) is 3.24 Å². The molecule has 0 N–H and O–H groups in total. The lowest BCUT2D eigenvalue weighted by molar-refractivity contribution is 0.968. The molecule has 0 fully saturated rings. The van der Waals surface area contributed by atoms with E-state index in [1.807, 2.05) is 25.1 Å². The van der Waals surface area contributed by atoms with Crippen LogP contribution in [0, 0.1) is 0 Å². The molecule has 1 aromatic rings. The highest BCUT2D eigenvalue weighted by atomic mass is 15.1. The fraction of sp³-hybridized carbons (Fsp3) is 0.333. The quantitative estimate of drug-likeness (QED) is 0.605. The van der Waals surface area contributed by atoms with Crippen LogP contribution in [0.2, 0.25) is 0 Å². The first-order chi connectivity index (χ1) is 6.05. The molecule has 1 rings (SSSR count). The molecule has 0 heterocycles. The van der Waals surface area contributed by atoms with E-state index in [-0.39, 0.29) is 0 Å². The molecule has 0 aliphatic heterocycles. The van der Waals surface area contributed by atoms with Crippen LogP contribution in [0.3, 0.4) is 0 Å². The van der Waals surface area contributed by atoms with Crippen molar-refractivity contribution in [2.24, 2.45) is 0 Å². The number of nitrogens with zero attached hydrogens (tertiary/aromatic N) is 1. The standard InChI is InChI=1S/C9H13N/c1-3-10(2)9-7-5-4-6-8-9/h4-8H,3H2,1-2H3/i2D3. The fourth-order valence-corrected chi connectivity index (χ4v) is 0.791. The first-order valence-electron chi connectivity index (χ1n) is 4.88. The zero-order valence-corrected chi connectivity index (χ0v) is 6.04. The van der Waals surface area contributed by atoms with E-state index in [1.54, 1.807) is 12.1 Å². The van der Waals surface area contributed by atoms with E-state index in [1.165, 1.54) is 4.90 Å². The maximum atomic E-state index is 7.29. The largest absolute Gasteiger partial charge is 0.375 e. The van der Waals surface area contributed by atoms with Gasteiger partial charge in [-0.05, 0) is 19.1 Å². The normalized spacial score (nSPS) is 15.1. The predicted molar refractivity (Wildman–Crippen MR) is 45.4 cm³/mol. The minimum absolute atomic E-state index is 0.487. The second kappa shape index (κ2) is 3.25. The van der Waals surface area contributed by atoms with Crippen LogP contribution in [0.1, 0.15) is 11.0 Å². The van der Waals surface area contributed by atoms with E-state index in [2.05, 4.69) is 0 Å². The third-order valence-electron chi connectivity index (χ3n) is 1.38. The molecule has 54 valence electrons. The molecule has 0 saturated heterocycles. The van der Waals surface area contributed by atoms with Crippen molar-refractivity contribution in [1.29, 1.82) is 0 Å². The van der Waals surface area contributed by atoms with Gasteiger partial charge in [-0.25, -0.2) is 0 Å². The van der Waals surface area contributed by atoms with Crippen molar-refractivity contribution in [2.75, 3.05) is 18.4 Å². The van der Waals surface area contributed by atoms with E-state index in [0.29, 0.717) is 6.54 Å². The molecular formula is C9H13N. The van der Waals surface area contributed by atoms with Gasteiger partial charge in [0.05, 0.1) is 0 Å². The van der Waals surface area contributed by atoms with Crippen LogP contribution in [0.4, 0.5) is 5.69 Å². The second-order valence-corrected chi connectivity index (χ2v) is 2.08. The SMILES string of the molecule is [2H]C([2H])([2H])N(CC)c1ccccc1. The van der Waals surface area contributed by atoms with Crippen LogP contribution in [0.25, 0.3) is 0 Å². The molecule has 0 amide bonds. The van der Waals surface area contributed by atoms with Crippen molar-refractivity contribution in [3.63, 3.8) is 0 Å². The average Bonchev–Trinajstić information content (AvgIpc) is 2.05. The van der Waals surface area contributed by atoms with Crippen molar-refractivity contribution in [3.8, 4) is 0 Å². The molecule has 1 aromatic carbocycles. The van der Waals surface area contributed by atoms with E-state index < -0.39 is 6.98 Å². The average molecular weight is 138 g/mol. The van der Waals surface area contributed by atoms with E-state index in [0.717, 1.165) is 5.69 Å².